The number of carbonyl (C=O) groups excluding carboxylic acids is 1. The molecule has 1 unspecified atom stereocenters. The summed E-state index contributed by atoms with van der Waals surface area (Å²) >= 11 is 1.58. The summed E-state index contributed by atoms with van der Waals surface area (Å²) < 4.78 is 0. The molecule has 0 aromatic heterocycles. The van der Waals surface area contributed by atoms with E-state index in [0.717, 1.165) is 25.0 Å². The predicted molar refractivity (Wildman–Crippen MR) is 97.4 cm³/mol. The second-order valence-corrected chi connectivity index (χ2v) is 7.23. The van der Waals surface area contributed by atoms with E-state index >= 15 is 0 Å². The lowest BCUT2D eigenvalue weighted by molar-refractivity contribution is -0.139. The topological polar surface area (TPSA) is 69.6 Å². The van der Waals surface area contributed by atoms with Crippen LogP contribution in [0.5, 0.6) is 0 Å². The third kappa shape index (κ3) is 5.74. The molecule has 24 heavy (non-hydrogen) atoms. The first kappa shape index (κ1) is 18.6. The number of nitrogens with zero attached hydrogens (tertiary/aromatic N) is 1. The first-order chi connectivity index (χ1) is 11.6. The minimum atomic E-state index is -0.962. The van der Waals surface area contributed by atoms with Gasteiger partial charge in [0.05, 0.1) is 0 Å². The molecule has 1 atom stereocenters. The molecule has 2 N–H and O–H groups in total. The highest BCUT2D eigenvalue weighted by Gasteiger charge is 2.26. The van der Waals surface area contributed by atoms with E-state index in [2.05, 4.69) is 29.6 Å². The number of amides is 2. The van der Waals surface area contributed by atoms with Crippen LogP contribution in [-0.4, -0.2) is 53.1 Å². The summed E-state index contributed by atoms with van der Waals surface area (Å²) in [4.78, 5) is 25.3. The Hall–Kier alpha value is -1.69. The van der Waals surface area contributed by atoms with E-state index in [0.29, 0.717) is 25.4 Å². The standard InChI is InChI=1S/C18H26N2O3S/c1-24-12-9-16(17(21)22)19-18(23)20-10-7-15(8-11-20)13-14-5-3-2-4-6-14/h2-6,15-16H,7-13H2,1H3,(H,19,23)(H,21,22). The maximum absolute atomic E-state index is 12.3. The van der Waals surface area contributed by atoms with Crippen LogP contribution >= 0.6 is 11.8 Å². The van der Waals surface area contributed by atoms with Crippen molar-refractivity contribution in [2.75, 3.05) is 25.1 Å². The molecule has 1 aromatic rings. The fourth-order valence-electron chi connectivity index (χ4n) is 3.02. The van der Waals surface area contributed by atoms with Gasteiger partial charge in [-0.25, -0.2) is 9.59 Å². The van der Waals surface area contributed by atoms with E-state index in [1.165, 1.54) is 5.56 Å². The van der Waals surface area contributed by atoms with Gasteiger partial charge in [0.25, 0.3) is 0 Å². The SMILES string of the molecule is CSCCC(NC(=O)N1CCC(Cc2ccccc2)CC1)C(=O)O. The molecule has 2 amide bonds. The molecular weight excluding hydrogens is 324 g/mol. The summed E-state index contributed by atoms with van der Waals surface area (Å²) in [6.07, 6.45) is 5.35. The van der Waals surface area contributed by atoms with E-state index in [1.807, 2.05) is 12.3 Å². The number of carboxylic acids is 1. The largest absolute Gasteiger partial charge is 0.480 e. The van der Waals surface area contributed by atoms with Crippen molar-refractivity contribution in [2.45, 2.75) is 31.7 Å². The van der Waals surface area contributed by atoms with Gasteiger partial charge in [-0.15, -0.1) is 0 Å². The van der Waals surface area contributed by atoms with Gasteiger partial charge in [0.2, 0.25) is 0 Å². The van der Waals surface area contributed by atoms with Crippen LogP contribution in [0, 0.1) is 5.92 Å². The number of likely N-dealkylation sites (tertiary alicyclic amines) is 1. The van der Waals surface area contributed by atoms with Gasteiger partial charge in [-0.05, 0) is 49.2 Å². The number of piperidine rings is 1. The zero-order chi connectivity index (χ0) is 17.4. The third-order valence-electron chi connectivity index (χ3n) is 4.48. The molecule has 1 aliphatic rings. The number of urea groups is 1. The highest BCUT2D eigenvalue weighted by molar-refractivity contribution is 7.98. The van der Waals surface area contributed by atoms with Crippen molar-refractivity contribution in [3.63, 3.8) is 0 Å². The average molecular weight is 350 g/mol. The zero-order valence-electron chi connectivity index (χ0n) is 14.1. The molecule has 6 heteroatoms. The molecule has 2 rings (SSSR count). The smallest absolute Gasteiger partial charge is 0.326 e. The first-order valence-electron chi connectivity index (χ1n) is 8.41. The summed E-state index contributed by atoms with van der Waals surface area (Å²) in [6.45, 7) is 1.39. The van der Waals surface area contributed by atoms with Gasteiger partial charge in [0.15, 0.2) is 0 Å². The number of benzene rings is 1. The fraction of sp³-hybridized carbons (Fsp3) is 0.556. The Morgan fingerprint density at radius 2 is 1.96 bits per heavy atom. The molecule has 132 valence electrons. The molecule has 0 spiro atoms. The normalized spacial score (nSPS) is 16.6. The average Bonchev–Trinajstić information content (AvgIpc) is 2.59. The summed E-state index contributed by atoms with van der Waals surface area (Å²) in [7, 11) is 0. The number of carboxylic acid groups (broad SMARTS) is 1. The van der Waals surface area contributed by atoms with Crippen LogP contribution in [-0.2, 0) is 11.2 Å². The lowest BCUT2D eigenvalue weighted by Crippen LogP contribution is -2.50. The van der Waals surface area contributed by atoms with Crippen molar-refractivity contribution in [2.24, 2.45) is 5.92 Å². The van der Waals surface area contributed by atoms with E-state index in [9.17, 15) is 14.7 Å². The van der Waals surface area contributed by atoms with Crippen molar-refractivity contribution in [1.29, 1.82) is 0 Å². The van der Waals surface area contributed by atoms with Crippen molar-refractivity contribution >= 4 is 23.8 Å². The lowest BCUT2D eigenvalue weighted by Gasteiger charge is -2.33. The minimum absolute atomic E-state index is 0.248. The van der Waals surface area contributed by atoms with Gasteiger partial charge < -0.3 is 15.3 Å². The van der Waals surface area contributed by atoms with E-state index in [4.69, 9.17) is 0 Å². The van der Waals surface area contributed by atoms with Crippen LogP contribution in [0.15, 0.2) is 30.3 Å². The van der Waals surface area contributed by atoms with Gasteiger partial charge in [0, 0.05) is 13.1 Å². The number of thioether (sulfide) groups is 1. The maximum Gasteiger partial charge on any atom is 0.326 e. The highest BCUT2D eigenvalue weighted by Crippen LogP contribution is 2.21. The second-order valence-electron chi connectivity index (χ2n) is 6.24. The van der Waals surface area contributed by atoms with Crippen LogP contribution in [0.2, 0.25) is 0 Å². The van der Waals surface area contributed by atoms with Gasteiger partial charge in [0.1, 0.15) is 6.04 Å². The van der Waals surface area contributed by atoms with Crippen LogP contribution in [0.1, 0.15) is 24.8 Å². The Morgan fingerprint density at radius 1 is 1.29 bits per heavy atom. The van der Waals surface area contributed by atoms with E-state index in [-0.39, 0.29) is 6.03 Å². The van der Waals surface area contributed by atoms with E-state index in [1.54, 1.807) is 16.7 Å². The Kier molecular flexibility index (Phi) is 7.43. The molecule has 5 nitrogen and oxygen atoms in total. The Balaban J connectivity index is 1.78. The Bertz CT molecular complexity index is 530. The fourth-order valence-corrected chi connectivity index (χ4v) is 3.49. The van der Waals surface area contributed by atoms with Crippen molar-refractivity contribution in [3.05, 3.63) is 35.9 Å². The van der Waals surface area contributed by atoms with Crippen LogP contribution < -0.4 is 5.32 Å². The van der Waals surface area contributed by atoms with Gasteiger partial charge in [-0.3, -0.25) is 0 Å². The molecule has 1 fully saturated rings. The summed E-state index contributed by atoms with van der Waals surface area (Å²) in [5, 5.41) is 11.9. The number of aliphatic carboxylic acids is 1. The molecule has 0 saturated carbocycles. The molecule has 0 bridgehead atoms. The van der Waals surface area contributed by atoms with Crippen LogP contribution in [0.4, 0.5) is 4.79 Å². The monoisotopic (exact) mass is 350 g/mol. The van der Waals surface area contributed by atoms with Gasteiger partial charge in [-0.1, -0.05) is 30.3 Å². The quantitative estimate of drug-likeness (QED) is 0.793. The summed E-state index contributed by atoms with van der Waals surface area (Å²) in [5.41, 5.74) is 1.34. The second kappa shape index (κ2) is 9.57. The molecule has 0 radical (unpaired) electrons. The number of hydrogen-bond acceptors (Lipinski definition) is 3. The first-order valence-corrected chi connectivity index (χ1v) is 9.80. The lowest BCUT2D eigenvalue weighted by atomic mass is 9.90. The highest BCUT2D eigenvalue weighted by atomic mass is 32.2. The third-order valence-corrected chi connectivity index (χ3v) is 5.12. The maximum atomic E-state index is 12.3. The molecule has 1 aliphatic heterocycles. The molecular formula is C18H26N2O3S. The van der Waals surface area contributed by atoms with Crippen molar-refractivity contribution in [1.82, 2.24) is 10.2 Å². The minimum Gasteiger partial charge on any atom is -0.480 e. The zero-order valence-corrected chi connectivity index (χ0v) is 14.9. The predicted octanol–water partition coefficient (Wildman–Crippen LogP) is 2.86. The summed E-state index contributed by atoms with van der Waals surface area (Å²) in [6, 6.07) is 9.36. The molecule has 1 aromatic carbocycles. The molecule has 0 aliphatic carbocycles. The number of rotatable bonds is 7. The Labute approximate surface area is 147 Å². The number of hydrogen-bond donors (Lipinski definition) is 2. The summed E-state index contributed by atoms with van der Waals surface area (Å²) in [5.74, 6) is 0.343. The molecule has 1 saturated heterocycles. The van der Waals surface area contributed by atoms with Gasteiger partial charge >= 0.3 is 12.0 Å². The van der Waals surface area contributed by atoms with Gasteiger partial charge in [-0.2, -0.15) is 11.8 Å². The number of nitrogens with one attached hydrogen (secondary N) is 1. The molecule has 1 heterocycles. The van der Waals surface area contributed by atoms with Crippen LogP contribution in [0.25, 0.3) is 0 Å². The van der Waals surface area contributed by atoms with Crippen molar-refractivity contribution < 1.29 is 14.7 Å². The Morgan fingerprint density at radius 3 is 2.54 bits per heavy atom. The van der Waals surface area contributed by atoms with E-state index < -0.39 is 12.0 Å². The van der Waals surface area contributed by atoms with Crippen molar-refractivity contribution in [3.8, 4) is 0 Å². The number of carbonyl (C=O) groups is 2. The van der Waals surface area contributed by atoms with Crippen LogP contribution in [0.3, 0.4) is 0 Å².